The molecule has 5 nitrogen and oxygen atoms in total. The number of rotatable bonds is 0. The molecule has 3 saturated carbocycles. The van der Waals surface area contributed by atoms with Crippen molar-refractivity contribution in [1.29, 1.82) is 0 Å². The highest BCUT2D eigenvalue weighted by Crippen LogP contribution is 2.70. The van der Waals surface area contributed by atoms with Crippen molar-refractivity contribution in [3.63, 3.8) is 0 Å². The Morgan fingerprint density at radius 2 is 1.81 bits per heavy atom. The molecule has 0 aromatic heterocycles. The maximum Gasteiger partial charge on any atom is 0.197 e. The van der Waals surface area contributed by atoms with Crippen LogP contribution in [-0.2, 0) is 9.47 Å². The van der Waals surface area contributed by atoms with Crippen molar-refractivity contribution in [2.45, 2.75) is 103 Å². The summed E-state index contributed by atoms with van der Waals surface area (Å²) in [4.78, 5) is 0. The molecule has 0 aromatic rings. The normalized spacial score (nSPS) is 61.5. The largest absolute Gasteiger partial charge is 0.393 e. The van der Waals surface area contributed by atoms with Crippen molar-refractivity contribution in [3.05, 3.63) is 11.6 Å². The van der Waals surface area contributed by atoms with Gasteiger partial charge in [-0.3, -0.25) is 0 Å². The summed E-state index contributed by atoms with van der Waals surface area (Å²) in [6.07, 6.45) is 7.58. The molecule has 0 bridgehead atoms. The maximum atomic E-state index is 11.8. The highest BCUT2D eigenvalue weighted by Gasteiger charge is 2.73. The molecule has 0 aromatic carbocycles. The minimum atomic E-state index is -0.960. The fraction of sp³-hybridized carbons (Fsp3) is 0.926. The first-order valence-electron chi connectivity index (χ1n) is 13.2. The van der Waals surface area contributed by atoms with E-state index in [2.05, 4.69) is 33.8 Å². The fourth-order valence-corrected chi connectivity index (χ4v) is 9.85. The third-order valence-electron chi connectivity index (χ3n) is 11.4. The second-order valence-electron chi connectivity index (χ2n) is 12.9. The molecule has 3 N–H and O–H groups in total. The van der Waals surface area contributed by atoms with Crippen LogP contribution in [0.3, 0.4) is 0 Å². The molecule has 4 aliphatic carbocycles. The molecular weight excluding hydrogens is 404 g/mol. The van der Waals surface area contributed by atoms with Crippen molar-refractivity contribution in [1.82, 2.24) is 0 Å². The first kappa shape index (κ1) is 22.0. The van der Waals surface area contributed by atoms with Gasteiger partial charge >= 0.3 is 0 Å². The summed E-state index contributed by atoms with van der Waals surface area (Å²) in [5, 5.41) is 33.1. The Kier molecular flexibility index (Phi) is 4.84. The molecule has 5 heteroatoms. The van der Waals surface area contributed by atoms with Crippen molar-refractivity contribution in [2.75, 3.05) is 6.61 Å². The van der Waals surface area contributed by atoms with E-state index in [1.165, 1.54) is 12.0 Å². The zero-order valence-corrected chi connectivity index (χ0v) is 20.2. The Bertz CT molecular complexity index is 812. The van der Waals surface area contributed by atoms with Gasteiger partial charge in [0.2, 0.25) is 0 Å². The van der Waals surface area contributed by atoms with Crippen molar-refractivity contribution >= 4 is 0 Å². The van der Waals surface area contributed by atoms with E-state index >= 15 is 0 Å². The predicted octanol–water partition coefficient (Wildman–Crippen LogP) is 3.66. The van der Waals surface area contributed by atoms with Gasteiger partial charge in [-0.25, -0.2) is 0 Å². The van der Waals surface area contributed by atoms with E-state index in [9.17, 15) is 15.3 Å². The minimum absolute atomic E-state index is 0.00378. The third-order valence-corrected chi connectivity index (χ3v) is 11.4. The molecule has 2 aliphatic heterocycles. The standard InChI is InChI=1S/C27H42O5/c1-14-11-20(29)27(31-13-14)15(2)21-24(32-27)23(30)22-18-6-5-16-12-17(28)7-9-25(16,3)19(18)8-10-26(21,22)4/h5,14-15,17-24,28-30H,6-13H2,1-4H3/t14-,15+,17+,18-,19+,20+,21+,22-,23-,24-,25+,26-,27+/m1/s1. The summed E-state index contributed by atoms with van der Waals surface area (Å²) in [6, 6.07) is 0. The first-order valence-corrected chi connectivity index (χ1v) is 13.2. The average molecular weight is 447 g/mol. The lowest BCUT2D eigenvalue weighted by atomic mass is 9.46. The summed E-state index contributed by atoms with van der Waals surface area (Å²) in [5.41, 5.74) is 1.62. The summed E-state index contributed by atoms with van der Waals surface area (Å²) < 4.78 is 12.9. The van der Waals surface area contributed by atoms with Crippen molar-refractivity contribution < 1.29 is 24.8 Å². The third kappa shape index (κ3) is 2.64. The molecule has 6 rings (SSSR count). The van der Waals surface area contributed by atoms with E-state index in [4.69, 9.17) is 9.47 Å². The highest BCUT2D eigenvalue weighted by molar-refractivity contribution is 5.27. The van der Waals surface area contributed by atoms with Crippen LogP contribution >= 0.6 is 0 Å². The molecule has 1 spiro atoms. The van der Waals surface area contributed by atoms with Gasteiger partial charge in [0.1, 0.15) is 6.10 Å². The van der Waals surface area contributed by atoms with Crippen LogP contribution in [0.4, 0.5) is 0 Å². The zero-order chi connectivity index (χ0) is 22.6. The van der Waals surface area contributed by atoms with Crippen LogP contribution in [0, 0.1) is 46.3 Å². The van der Waals surface area contributed by atoms with E-state index in [-0.39, 0.29) is 40.8 Å². The summed E-state index contributed by atoms with van der Waals surface area (Å²) in [6.45, 7) is 9.73. The smallest absolute Gasteiger partial charge is 0.197 e. The van der Waals surface area contributed by atoms with E-state index in [0.717, 1.165) is 32.1 Å². The molecule has 0 radical (unpaired) electrons. The van der Waals surface area contributed by atoms with E-state index in [1.807, 2.05) is 0 Å². The number of aliphatic hydroxyl groups excluding tert-OH is 3. The lowest BCUT2D eigenvalue weighted by Gasteiger charge is -2.59. The SMILES string of the molecule is C[C@H]1CO[C@@]2(O[C@H]3[C@H](O)[C@H]4[C@@H]5CC=C6C[C@@H](O)CC[C@]6(C)[C@H]5CC[C@]4(C)[C@H]3[C@@H]2C)[C@@H](O)C1. The molecule has 13 atom stereocenters. The number of hydrogen-bond donors (Lipinski definition) is 3. The fourth-order valence-electron chi connectivity index (χ4n) is 9.85. The van der Waals surface area contributed by atoms with Crippen molar-refractivity contribution in [3.8, 4) is 0 Å². The topological polar surface area (TPSA) is 79.2 Å². The lowest BCUT2D eigenvalue weighted by molar-refractivity contribution is -0.322. The van der Waals surface area contributed by atoms with E-state index < -0.39 is 18.0 Å². The Labute approximate surface area is 192 Å². The Morgan fingerprint density at radius 1 is 1.03 bits per heavy atom. The van der Waals surface area contributed by atoms with Gasteiger partial charge in [0.25, 0.3) is 0 Å². The van der Waals surface area contributed by atoms with Crippen LogP contribution in [0.15, 0.2) is 11.6 Å². The van der Waals surface area contributed by atoms with Gasteiger partial charge in [-0.1, -0.05) is 39.3 Å². The van der Waals surface area contributed by atoms with Gasteiger partial charge < -0.3 is 24.8 Å². The van der Waals surface area contributed by atoms with Crippen LogP contribution in [0.2, 0.25) is 0 Å². The van der Waals surface area contributed by atoms with E-state index in [0.29, 0.717) is 30.8 Å². The number of aliphatic hydroxyl groups is 3. The zero-order valence-electron chi connectivity index (χ0n) is 20.2. The Hall–Kier alpha value is -0.460. The van der Waals surface area contributed by atoms with Gasteiger partial charge in [-0.05, 0) is 79.4 Å². The molecule has 0 unspecified atom stereocenters. The van der Waals surface area contributed by atoms with Crippen LogP contribution in [0.1, 0.15) is 72.6 Å². The highest BCUT2D eigenvalue weighted by atomic mass is 16.7. The van der Waals surface area contributed by atoms with Crippen LogP contribution in [-0.4, -0.2) is 52.1 Å². The predicted molar refractivity (Wildman–Crippen MR) is 120 cm³/mol. The maximum absolute atomic E-state index is 11.8. The second-order valence-corrected chi connectivity index (χ2v) is 12.9. The van der Waals surface area contributed by atoms with Crippen LogP contribution < -0.4 is 0 Å². The number of hydrogen-bond acceptors (Lipinski definition) is 5. The molecule has 5 fully saturated rings. The molecule has 180 valence electrons. The average Bonchev–Trinajstić information content (AvgIpc) is 3.16. The minimum Gasteiger partial charge on any atom is -0.393 e. The molecule has 32 heavy (non-hydrogen) atoms. The Balaban J connectivity index is 1.33. The molecule has 6 aliphatic rings. The van der Waals surface area contributed by atoms with Crippen LogP contribution in [0.25, 0.3) is 0 Å². The molecular formula is C27H42O5. The van der Waals surface area contributed by atoms with Gasteiger partial charge in [-0.2, -0.15) is 0 Å². The summed E-state index contributed by atoms with van der Waals surface area (Å²) in [5.74, 6) is 0.888. The van der Waals surface area contributed by atoms with Gasteiger partial charge in [-0.15, -0.1) is 0 Å². The van der Waals surface area contributed by atoms with E-state index in [1.54, 1.807) is 0 Å². The number of allylic oxidation sites excluding steroid dienone is 1. The van der Waals surface area contributed by atoms with Crippen molar-refractivity contribution in [2.24, 2.45) is 46.3 Å². The monoisotopic (exact) mass is 446 g/mol. The number of ether oxygens (including phenoxy) is 2. The van der Waals surface area contributed by atoms with Gasteiger partial charge in [0.15, 0.2) is 5.79 Å². The van der Waals surface area contributed by atoms with Gasteiger partial charge in [0.05, 0.1) is 24.9 Å². The first-order chi connectivity index (χ1) is 15.1. The lowest BCUT2D eigenvalue weighted by Crippen LogP contribution is -2.58. The second kappa shape index (κ2) is 7.04. The Morgan fingerprint density at radius 3 is 2.56 bits per heavy atom. The quantitative estimate of drug-likeness (QED) is 0.495. The van der Waals surface area contributed by atoms with Crippen LogP contribution in [0.5, 0.6) is 0 Å². The number of fused-ring (bicyclic) bond motifs is 7. The summed E-state index contributed by atoms with van der Waals surface area (Å²) in [7, 11) is 0. The van der Waals surface area contributed by atoms with Gasteiger partial charge in [0, 0.05) is 11.8 Å². The molecule has 2 saturated heterocycles. The molecule has 0 amide bonds. The summed E-state index contributed by atoms with van der Waals surface area (Å²) >= 11 is 0. The molecule has 2 heterocycles.